The van der Waals surface area contributed by atoms with Gasteiger partial charge in [-0.25, -0.2) is 8.42 Å². The van der Waals surface area contributed by atoms with E-state index in [-0.39, 0.29) is 40.7 Å². The molecule has 0 unspecified atom stereocenters. The highest BCUT2D eigenvalue weighted by Crippen LogP contribution is 2.42. The first-order chi connectivity index (χ1) is 13.8. The molecular weight excluding hydrogens is 418 g/mol. The van der Waals surface area contributed by atoms with Gasteiger partial charge in [0.05, 0.1) is 11.2 Å². The molecule has 3 rings (SSSR count). The lowest BCUT2D eigenvalue weighted by atomic mass is 10.1. The first kappa shape index (κ1) is 21.0. The number of nitrogens with zero attached hydrogens (tertiary/aromatic N) is 2. The van der Waals surface area contributed by atoms with Crippen LogP contribution >= 0.6 is 11.6 Å². The Morgan fingerprint density at radius 1 is 1.10 bits per heavy atom. The van der Waals surface area contributed by atoms with Crippen molar-refractivity contribution < 1.29 is 23.4 Å². The summed E-state index contributed by atoms with van der Waals surface area (Å²) in [7, 11) is -3.96. The van der Waals surface area contributed by atoms with E-state index in [1.165, 1.54) is 16.6 Å². The van der Waals surface area contributed by atoms with Gasteiger partial charge in [0.15, 0.2) is 5.75 Å². The Balaban J connectivity index is 2.10. The molecule has 0 aliphatic rings. The number of sulfonamides is 1. The highest BCUT2D eigenvalue weighted by molar-refractivity contribution is 7.89. The van der Waals surface area contributed by atoms with Gasteiger partial charge in [-0.3, -0.25) is 5.10 Å². The van der Waals surface area contributed by atoms with Gasteiger partial charge in [-0.15, -0.1) is 0 Å². The highest BCUT2D eigenvalue weighted by Gasteiger charge is 2.28. The van der Waals surface area contributed by atoms with Gasteiger partial charge in [-0.2, -0.15) is 9.40 Å². The average Bonchev–Trinajstić information content (AvgIpc) is 3.12. The quantitative estimate of drug-likeness (QED) is 0.515. The van der Waals surface area contributed by atoms with Crippen molar-refractivity contribution in [3.63, 3.8) is 0 Å². The molecule has 1 aromatic heterocycles. The molecule has 0 bridgehead atoms. The minimum Gasteiger partial charge on any atom is -0.507 e. The Kier molecular flexibility index (Phi) is 6.02. The largest absolute Gasteiger partial charge is 0.507 e. The minimum atomic E-state index is -3.96. The van der Waals surface area contributed by atoms with Crippen LogP contribution in [-0.2, 0) is 10.0 Å². The van der Waals surface area contributed by atoms with Crippen molar-refractivity contribution in [2.45, 2.75) is 18.7 Å². The second-order valence-corrected chi connectivity index (χ2v) is 8.38. The molecule has 0 saturated carbocycles. The Labute approximate surface area is 173 Å². The van der Waals surface area contributed by atoms with Crippen LogP contribution < -0.4 is 4.74 Å². The number of rotatable bonds is 7. The third kappa shape index (κ3) is 4.02. The molecule has 2 aromatic carbocycles. The van der Waals surface area contributed by atoms with E-state index in [1.807, 2.05) is 0 Å². The van der Waals surface area contributed by atoms with Crippen molar-refractivity contribution in [2.75, 3.05) is 13.1 Å². The first-order valence-corrected chi connectivity index (χ1v) is 10.6. The van der Waals surface area contributed by atoms with Gasteiger partial charge in [0.1, 0.15) is 27.8 Å². The molecular formula is C19H20ClN3O5S. The molecule has 0 saturated heterocycles. The van der Waals surface area contributed by atoms with Gasteiger partial charge in [0, 0.05) is 24.7 Å². The number of ether oxygens (including phenoxy) is 1. The molecule has 1 heterocycles. The van der Waals surface area contributed by atoms with Crippen LogP contribution in [0, 0.1) is 0 Å². The maximum Gasteiger partial charge on any atom is 0.246 e. The normalized spacial score (nSPS) is 11.7. The van der Waals surface area contributed by atoms with Crippen molar-refractivity contribution in [2.24, 2.45) is 0 Å². The third-order valence-electron chi connectivity index (χ3n) is 4.33. The second-order valence-electron chi connectivity index (χ2n) is 6.07. The summed E-state index contributed by atoms with van der Waals surface area (Å²) in [4.78, 5) is -0.327. The van der Waals surface area contributed by atoms with E-state index in [2.05, 4.69) is 10.2 Å². The zero-order valence-electron chi connectivity index (χ0n) is 15.8. The van der Waals surface area contributed by atoms with Gasteiger partial charge in [0.25, 0.3) is 0 Å². The average molecular weight is 438 g/mol. The number of hydrogen-bond acceptors (Lipinski definition) is 6. The molecule has 0 radical (unpaired) electrons. The summed E-state index contributed by atoms with van der Waals surface area (Å²) in [6, 6.07) is 8.97. The van der Waals surface area contributed by atoms with Crippen molar-refractivity contribution in [1.29, 1.82) is 0 Å². The van der Waals surface area contributed by atoms with Crippen molar-refractivity contribution in [3.8, 4) is 34.3 Å². The van der Waals surface area contributed by atoms with Crippen LogP contribution in [0.25, 0.3) is 11.3 Å². The summed E-state index contributed by atoms with van der Waals surface area (Å²) in [5.74, 6) is -0.295. The second kappa shape index (κ2) is 8.32. The zero-order valence-corrected chi connectivity index (χ0v) is 17.3. The number of benzene rings is 2. The van der Waals surface area contributed by atoms with Crippen LogP contribution in [-0.4, -0.2) is 46.2 Å². The van der Waals surface area contributed by atoms with Crippen LogP contribution in [0.5, 0.6) is 23.0 Å². The Morgan fingerprint density at radius 2 is 1.79 bits per heavy atom. The standard InChI is InChI=1S/C19H20ClN3O5S/c1-3-23(4-2)29(26,27)18-9-12(14(24)10-15(18)25)19-17(11-21-22-19)28-16-8-6-5-7-13(16)20/h5-11,24-25H,3-4H2,1-2H3,(H,21,22). The predicted molar refractivity (Wildman–Crippen MR) is 109 cm³/mol. The topological polar surface area (TPSA) is 116 Å². The van der Waals surface area contributed by atoms with Gasteiger partial charge in [0.2, 0.25) is 10.0 Å². The van der Waals surface area contributed by atoms with Gasteiger partial charge < -0.3 is 14.9 Å². The van der Waals surface area contributed by atoms with Gasteiger partial charge in [-0.05, 0) is 18.2 Å². The number of H-pyrrole nitrogens is 1. The SMILES string of the molecule is CCN(CC)S(=O)(=O)c1cc(-c2[nH]ncc2Oc2ccccc2Cl)c(O)cc1O. The molecule has 0 amide bonds. The lowest BCUT2D eigenvalue weighted by Crippen LogP contribution is -2.30. The smallest absolute Gasteiger partial charge is 0.246 e. The van der Waals surface area contributed by atoms with E-state index in [0.29, 0.717) is 10.8 Å². The molecule has 154 valence electrons. The molecule has 0 atom stereocenters. The fourth-order valence-electron chi connectivity index (χ4n) is 2.86. The monoisotopic (exact) mass is 437 g/mol. The van der Waals surface area contributed by atoms with Crippen LogP contribution in [0.3, 0.4) is 0 Å². The number of aromatic amines is 1. The summed E-state index contributed by atoms with van der Waals surface area (Å²) < 4.78 is 32.7. The van der Waals surface area contributed by atoms with Crippen molar-refractivity contribution in [3.05, 3.63) is 47.6 Å². The Morgan fingerprint density at radius 3 is 2.45 bits per heavy atom. The van der Waals surface area contributed by atoms with Crippen LogP contribution in [0.1, 0.15) is 13.8 Å². The van der Waals surface area contributed by atoms with E-state index < -0.39 is 15.8 Å². The zero-order chi connectivity index (χ0) is 21.2. The molecule has 3 N–H and O–H groups in total. The number of phenols is 2. The van der Waals surface area contributed by atoms with Crippen molar-refractivity contribution >= 4 is 21.6 Å². The maximum atomic E-state index is 12.9. The van der Waals surface area contributed by atoms with Crippen LogP contribution in [0.4, 0.5) is 0 Å². The van der Waals surface area contributed by atoms with E-state index in [0.717, 1.165) is 6.07 Å². The van der Waals surface area contributed by atoms with Crippen LogP contribution in [0.2, 0.25) is 5.02 Å². The number of phenolic OH excluding ortho intramolecular Hbond substituents is 2. The molecule has 29 heavy (non-hydrogen) atoms. The molecule has 0 aliphatic carbocycles. The van der Waals surface area contributed by atoms with E-state index in [9.17, 15) is 18.6 Å². The number of aromatic hydroxyl groups is 2. The molecule has 0 spiro atoms. The number of hydrogen-bond donors (Lipinski definition) is 3. The van der Waals surface area contributed by atoms with Crippen LogP contribution in [0.15, 0.2) is 47.5 Å². The summed E-state index contributed by atoms with van der Waals surface area (Å²) in [6.07, 6.45) is 1.38. The van der Waals surface area contributed by atoms with E-state index in [4.69, 9.17) is 16.3 Å². The Bertz CT molecular complexity index is 1130. The highest BCUT2D eigenvalue weighted by atomic mass is 35.5. The molecule has 10 heteroatoms. The predicted octanol–water partition coefficient (Wildman–Crippen LogP) is 3.96. The van der Waals surface area contributed by atoms with E-state index in [1.54, 1.807) is 38.1 Å². The first-order valence-electron chi connectivity index (χ1n) is 8.81. The summed E-state index contributed by atoms with van der Waals surface area (Å²) in [6.45, 7) is 3.87. The summed E-state index contributed by atoms with van der Waals surface area (Å²) >= 11 is 6.12. The van der Waals surface area contributed by atoms with Crippen molar-refractivity contribution in [1.82, 2.24) is 14.5 Å². The number of aromatic nitrogens is 2. The fraction of sp³-hybridized carbons (Fsp3) is 0.211. The molecule has 8 nitrogen and oxygen atoms in total. The maximum absolute atomic E-state index is 12.9. The van der Waals surface area contributed by atoms with Gasteiger partial charge >= 0.3 is 0 Å². The molecule has 0 aliphatic heterocycles. The number of halogens is 1. The summed E-state index contributed by atoms with van der Waals surface area (Å²) in [5, 5.41) is 27.5. The number of nitrogens with one attached hydrogen (secondary N) is 1. The molecule has 0 fully saturated rings. The lowest BCUT2D eigenvalue weighted by Gasteiger charge is -2.20. The lowest BCUT2D eigenvalue weighted by molar-refractivity contribution is 0.423. The third-order valence-corrected chi connectivity index (χ3v) is 6.72. The van der Waals surface area contributed by atoms with Gasteiger partial charge in [-0.1, -0.05) is 37.6 Å². The number of para-hydroxylation sites is 1. The molecule has 3 aromatic rings. The minimum absolute atomic E-state index is 0.105. The van der Waals surface area contributed by atoms with E-state index >= 15 is 0 Å². The Hall–Kier alpha value is -2.75. The summed E-state index contributed by atoms with van der Waals surface area (Å²) in [5.41, 5.74) is 0.339. The fourth-order valence-corrected chi connectivity index (χ4v) is 4.58.